The van der Waals surface area contributed by atoms with Gasteiger partial charge in [-0.25, -0.2) is 0 Å². The maximum Gasteiger partial charge on any atom is 0.122 e. The summed E-state index contributed by atoms with van der Waals surface area (Å²) in [4.78, 5) is 4.76. The van der Waals surface area contributed by atoms with Gasteiger partial charge < -0.3 is 15.1 Å². The Bertz CT molecular complexity index is 380. The Morgan fingerprint density at radius 3 is 2.53 bits per heavy atom. The van der Waals surface area contributed by atoms with Gasteiger partial charge in [0.05, 0.1) is 6.04 Å². The largest absolute Gasteiger partial charge is 0.465 e. The molecule has 0 aliphatic carbocycles. The van der Waals surface area contributed by atoms with Crippen molar-refractivity contribution in [1.82, 2.24) is 9.80 Å². The fourth-order valence-electron chi connectivity index (χ4n) is 3.04. The van der Waals surface area contributed by atoms with Gasteiger partial charge in [-0.1, -0.05) is 0 Å². The van der Waals surface area contributed by atoms with Crippen LogP contribution in [0.2, 0.25) is 0 Å². The molecule has 1 aromatic rings. The lowest BCUT2D eigenvalue weighted by Crippen LogP contribution is -2.41. The van der Waals surface area contributed by atoms with Crippen LogP contribution in [0.5, 0.6) is 0 Å². The number of nitrogens with two attached hydrogens (primary N) is 1. The normalized spacial score (nSPS) is 20.1. The van der Waals surface area contributed by atoms with Gasteiger partial charge >= 0.3 is 0 Å². The molecule has 0 amide bonds. The average molecular weight is 265 g/mol. The minimum Gasteiger partial charge on any atom is -0.465 e. The number of hydrogen-bond donors (Lipinski definition) is 1. The maximum atomic E-state index is 5.95. The van der Waals surface area contributed by atoms with Crippen LogP contribution in [0.4, 0.5) is 0 Å². The Balaban J connectivity index is 1.92. The fourth-order valence-corrected chi connectivity index (χ4v) is 3.04. The minimum absolute atomic E-state index is 0.244. The zero-order chi connectivity index (χ0) is 13.8. The highest BCUT2D eigenvalue weighted by Gasteiger charge is 2.27. The first kappa shape index (κ1) is 14.6. The summed E-state index contributed by atoms with van der Waals surface area (Å²) < 4.78 is 5.75. The Kier molecular flexibility index (Phi) is 5.02. The third-order valence-electron chi connectivity index (χ3n) is 4.03. The molecule has 1 unspecified atom stereocenters. The summed E-state index contributed by atoms with van der Waals surface area (Å²) in [5.41, 5.74) is 5.95. The number of hydrogen-bond acceptors (Lipinski definition) is 4. The molecule has 0 aromatic carbocycles. The molecule has 1 saturated heterocycles. The van der Waals surface area contributed by atoms with Gasteiger partial charge in [0.25, 0.3) is 0 Å². The highest BCUT2D eigenvalue weighted by molar-refractivity contribution is 5.10. The van der Waals surface area contributed by atoms with Gasteiger partial charge in [-0.15, -0.1) is 0 Å². The summed E-state index contributed by atoms with van der Waals surface area (Å²) in [7, 11) is 4.31. The van der Waals surface area contributed by atoms with Crippen molar-refractivity contribution in [2.45, 2.75) is 25.8 Å². The van der Waals surface area contributed by atoms with Crippen LogP contribution in [0.25, 0.3) is 0 Å². The molecule has 4 nitrogen and oxygen atoms in total. The zero-order valence-corrected chi connectivity index (χ0v) is 12.4. The lowest BCUT2D eigenvalue weighted by molar-refractivity contribution is 0.111. The monoisotopic (exact) mass is 265 g/mol. The third kappa shape index (κ3) is 3.81. The summed E-state index contributed by atoms with van der Waals surface area (Å²) >= 11 is 0. The number of piperidine rings is 1. The van der Waals surface area contributed by atoms with Crippen molar-refractivity contribution in [2.75, 3.05) is 40.3 Å². The molecule has 2 heterocycles. The SMILES string of the molecule is Cc1ccc(C(CN)N2CCC(CN(C)C)CC2)o1. The van der Waals surface area contributed by atoms with Gasteiger partial charge in [0.1, 0.15) is 11.5 Å². The molecule has 19 heavy (non-hydrogen) atoms. The molecule has 0 spiro atoms. The van der Waals surface area contributed by atoms with Gasteiger partial charge in [0, 0.05) is 13.1 Å². The lowest BCUT2D eigenvalue weighted by atomic mass is 9.95. The van der Waals surface area contributed by atoms with E-state index in [9.17, 15) is 0 Å². The molecule has 108 valence electrons. The number of aryl methyl sites for hydroxylation is 1. The van der Waals surface area contributed by atoms with E-state index < -0.39 is 0 Å². The van der Waals surface area contributed by atoms with Crippen molar-refractivity contribution in [3.63, 3.8) is 0 Å². The van der Waals surface area contributed by atoms with Crippen LogP contribution in [0.3, 0.4) is 0 Å². The van der Waals surface area contributed by atoms with Crippen molar-refractivity contribution >= 4 is 0 Å². The molecule has 1 atom stereocenters. The minimum atomic E-state index is 0.244. The summed E-state index contributed by atoms with van der Waals surface area (Å²) in [6, 6.07) is 4.34. The van der Waals surface area contributed by atoms with Crippen LogP contribution in [0.15, 0.2) is 16.5 Å². The molecule has 0 saturated carbocycles. The molecule has 1 fully saturated rings. The molecule has 0 radical (unpaired) electrons. The van der Waals surface area contributed by atoms with Gasteiger partial charge in [0.2, 0.25) is 0 Å². The third-order valence-corrected chi connectivity index (χ3v) is 4.03. The second-order valence-electron chi connectivity index (χ2n) is 5.94. The fraction of sp³-hybridized carbons (Fsp3) is 0.733. The van der Waals surface area contributed by atoms with Crippen LogP contribution >= 0.6 is 0 Å². The van der Waals surface area contributed by atoms with Gasteiger partial charge in [-0.05, 0) is 65.0 Å². The standard InChI is InChI=1S/C15H27N3O/c1-12-4-5-15(19-12)14(10-16)18-8-6-13(7-9-18)11-17(2)3/h4-5,13-14H,6-11,16H2,1-3H3. The summed E-state index contributed by atoms with van der Waals surface area (Å²) in [6.07, 6.45) is 2.52. The molecule has 1 aliphatic rings. The first-order valence-corrected chi connectivity index (χ1v) is 7.25. The predicted molar refractivity (Wildman–Crippen MR) is 78.1 cm³/mol. The van der Waals surface area contributed by atoms with Gasteiger partial charge in [0.15, 0.2) is 0 Å². The number of nitrogens with zero attached hydrogens (tertiary/aromatic N) is 2. The zero-order valence-electron chi connectivity index (χ0n) is 12.4. The smallest absolute Gasteiger partial charge is 0.122 e. The number of rotatable bonds is 5. The molecule has 4 heteroatoms. The van der Waals surface area contributed by atoms with E-state index in [0.717, 1.165) is 30.5 Å². The number of furan rings is 1. The van der Waals surface area contributed by atoms with Crippen LogP contribution in [0, 0.1) is 12.8 Å². The van der Waals surface area contributed by atoms with Crippen molar-refractivity contribution in [1.29, 1.82) is 0 Å². The van der Waals surface area contributed by atoms with Crippen molar-refractivity contribution < 1.29 is 4.42 Å². The van der Waals surface area contributed by atoms with Crippen molar-refractivity contribution in [3.8, 4) is 0 Å². The van der Waals surface area contributed by atoms with Crippen LogP contribution in [0.1, 0.15) is 30.4 Å². The Morgan fingerprint density at radius 2 is 2.05 bits per heavy atom. The first-order chi connectivity index (χ1) is 9.10. The second-order valence-corrected chi connectivity index (χ2v) is 5.94. The van der Waals surface area contributed by atoms with E-state index >= 15 is 0 Å². The summed E-state index contributed by atoms with van der Waals surface area (Å²) in [5.74, 6) is 2.81. The van der Waals surface area contributed by atoms with Crippen LogP contribution in [-0.4, -0.2) is 50.1 Å². The van der Waals surface area contributed by atoms with E-state index in [1.807, 2.05) is 13.0 Å². The van der Waals surface area contributed by atoms with E-state index in [1.165, 1.54) is 19.4 Å². The molecule has 0 bridgehead atoms. The average Bonchev–Trinajstić information content (AvgIpc) is 2.78. The molecule has 2 rings (SSSR count). The molecule has 1 aliphatic heterocycles. The summed E-state index contributed by atoms with van der Waals surface area (Å²) in [6.45, 7) is 6.06. The van der Waals surface area contributed by atoms with E-state index in [2.05, 4.69) is 30.0 Å². The van der Waals surface area contributed by atoms with E-state index in [0.29, 0.717) is 6.54 Å². The van der Waals surface area contributed by atoms with E-state index in [4.69, 9.17) is 10.2 Å². The van der Waals surface area contributed by atoms with Gasteiger partial charge in [-0.3, -0.25) is 4.90 Å². The van der Waals surface area contributed by atoms with E-state index in [1.54, 1.807) is 0 Å². The Labute approximate surface area is 116 Å². The first-order valence-electron chi connectivity index (χ1n) is 7.25. The summed E-state index contributed by atoms with van der Waals surface area (Å²) in [5, 5.41) is 0. The molecule has 1 aromatic heterocycles. The predicted octanol–water partition coefficient (Wildman–Crippen LogP) is 1.86. The highest BCUT2D eigenvalue weighted by atomic mass is 16.3. The van der Waals surface area contributed by atoms with Gasteiger partial charge in [-0.2, -0.15) is 0 Å². The quantitative estimate of drug-likeness (QED) is 0.882. The van der Waals surface area contributed by atoms with Crippen molar-refractivity contribution in [3.05, 3.63) is 23.7 Å². The van der Waals surface area contributed by atoms with Crippen LogP contribution in [-0.2, 0) is 0 Å². The highest BCUT2D eigenvalue weighted by Crippen LogP contribution is 2.27. The number of likely N-dealkylation sites (tertiary alicyclic amines) is 1. The topological polar surface area (TPSA) is 45.6 Å². The second kappa shape index (κ2) is 6.55. The molecule has 2 N–H and O–H groups in total. The Morgan fingerprint density at radius 1 is 1.37 bits per heavy atom. The Hall–Kier alpha value is -0.840. The maximum absolute atomic E-state index is 5.95. The molecular weight excluding hydrogens is 238 g/mol. The lowest BCUT2D eigenvalue weighted by Gasteiger charge is -2.37. The van der Waals surface area contributed by atoms with Crippen LogP contribution < -0.4 is 5.73 Å². The van der Waals surface area contributed by atoms with E-state index in [-0.39, 0.29) is 6.04 Å². The van der Waals surface area contributed by atoms with Crippen molar-refractivity contribution in [2.24, 2.45) is 11.7 Å². The molecular formula is C15H27N3O.